The molecule has 0 radical (unpaired) electrons. The molecule has 2 aromatic heterocycles. The van der Waals surface area contributed by atoms with Crippen molar-refractivity contribution in [2.24, 2.45) is 0 Å². The van der Waals surface area contributed by atoms with E-state index in [4.69, 9.17) is 15.2 Å². The number of nitrogens with zero attached hydrogens (tertiary/aromatic N) is 6. The summed E-state index contributed by atoms with van der Waals surface area (Å²) in [5.74, 6) is 3.02. The summed E-state index contributed by atoms with van der Waals surface area (Å²) in [5, 5.41) is 6.95. The van der Waals surface area contributed by atoms with Crippen LogP contribution in [0.3, 0.4) is 0 Å². The Morgan fingerprint density at radius 1 is 1.08 bits per heavy atom. The van der Waals surface area contributed by atoms with Gasteiger partial charge in [-0.2, -0.15) is 5.10 Å². The van der Waals surface area contributed by atoms with Crippen LogP contribution in [0.4, 0.5) is 11.6 Å². The molecule has 2 fully saturated rings. The first-order chi connectivity index (χ1) is 17.8. The molecule has 36 heavy (non-hydrogen) atoms. The molecule has 10 nitrogen and oxygen atoms in total. The second-order valence-electron chi connectivity index (χ2n) is 9.54. The lowest BCUT2D eigenvalue weighted by atomic mass is 10.0. The Bertz CT molecular complexity index is 1190. The van der Waals surface area contributed by atoms with Crippen LogP contribution >= 0.6 is 0 Å². The number of aromatic amines is 1. The second-order valence-corrected chi connectivity index (χ2v) is 9.54. The Hall–Kier alpha value is -3.63. The molecule has 0 saturated carbocycles. The van der Waals surface area contributed by atoms with Crippen LogP contribution in [0.15, 0.2) is 66.6 Å². The van der Waals surface area contributed by atoms with Gasteiger partial charge in [0.15, 0.2) is 11.5 Å². The van der Waals surface area contributed by atoms with Crippen molar-refractivity contribution in [3.63, 3.8) is 0 Å². The van der Waals surface area contributed by atoms with Crippen molar-refractivity contribution in [1.82, 2.24) is 30.0 Å². The summed E-state index contributed by atoms with van der Waals surface area (Å²) in [6.07, 6.45) is 18.3. The summed E-state index contributed by atoms with van der Waals surface area (Å²) in [4.78, 5) is 16.1. The van der Waals surface area contributed by atoms with E-state index in [1.807, 2.05) is 6.20 Å². The lowest BCUT2D eigenvalue weighted by Gasteiger charge is -2.43. The van der Waals surface area contributed by atoms with E-state index in [1.54, 1.807) is 18.7 Å². The molecule has 0 aromatic carbocycles. The average Bonchev–Trinajstić information content (AvgIpc) is 3.43. The van der Waals surface area contributed by atoms with E-state index in [2.05, 4.69) is 53.1 Å². The highest BCUT2D eigenvalue weighted by molar-refractivity contribution is 5.83. The molecular weight excluding hydrogens is 456 g/mol. The van der Waals surface area contributed by atoms with E-state index in [-0.39, 0.29) is 6.04 Å². The molecule has 5 heterocycles. The number of allylic oxidation sites excluding steroid dienone is 4. The van der Waals surface area contributed by atoms with Crippen LogP contribution in [-0.4, -0.2) is 81.8 Å². The number of nitrogens with two attached hydrogens (primary N) is 1. The number of hydrogen-bond acceptors (Lipinski definition) is 9. The number of aromatic nitrogens is 4. The van der Waals surface area contributed by atoms with Gasteiger partial charge in [0.25, 0.3) is 0 Å². The van der Waals surface area contributed by atoms with Gasteiger partial charge in [0.05, 0.1) is 17.8 Å². The quantitative estimate of drug-likeness (QED) is 0.608. The fraction of sp³-hybridized carbons (Fsp3) is 0.423. The van der Waals surface area contributed by atoms with Crippen LogP contribution in [0.25, 0.3) is 11.1 Å². The zero-order chi connectivity index (χ0) is 24.3. The van der Waals surface area contributed by atoms with Gasteiger partial charge in [-0.05, 0) is 37.9 Å². The van der Waals surface area contributed by atoms with Crippen LogP contribution in [0.1, 0.15) is 19.3 Å². The topological polar surface area (TPSA) is 109 Å². The minimum atomic E-state index is 0.125. The molecule has 2 aromatic rings. The molecule has 3 aliphatic heterocycles. The van der Waals surface area contributed by atoms with Gasteiger partial charge >= 0.3 is 0 Å². The molecule has 0 unspecified atom stereocenters. The molecule has 4 aliphatic rings. The molecule has 2 saturated heterocycles. The van der Waals surface area contributed by atoms with Crippen molar-refractivity contribution in [2.75, 3.05) is 56.4 Å². The Labute approximate surface area is 210 Å². The largest absolute Gasteiger partial charge is 0.465 e. The highest BCUT2D eigenvalue weighted by atomic mass is 16.5. The predicted octanol–water partition coefficient (Wildman–Crippen LogP) is 2.65. The highest BCUT2D eigenvalue weighted by Crippen LogP contribution is 2.34. The van der Waals surface area contributed by atoms with E-state index in [9.17, 15) is 0 Å². The smallest absolute Gasteiger partial charge is 0.165 e. The van der Waals surface area contributed by atoms with Gasteiger partial charge in [-0.1, -0.05) is 18.2 Å². The van der Waals surface area contributed by atoms with Gasteiger partial charge < -0.3 is 25.0 Å². The van der Waals surface area contributed by atoms with Crippen LogP contribution in [0.5, 0.6) is 0 Å². The third-order valence-electron chi connectivity index (χ3n) is 7.32. The third-order valence-corrected chi connectivity index (χ3v) is 7.32. The number of piperazine rings is 1. The van der Waals surface area contributed by atoms with Gasteiger partial charge in [0.1, 0.15) is 30.5 Å². The number of likely N-dealkylation sites (tertiary alicyclic amines) is 1. The number of nitrogens with one attached hydrogen (secondary N) is 1. The molecule has 1 aliphatic carbocycles. The Kier molecular flexibility index (Phi) is 6.44. The molecule has 0 amide bonds. The van der Waals surface area contributed by atoms with Crippen LogP contribution in [0.2, 0.25) is 0 Å². The highest BCUT2D eigenvalue weighted by Gasteiger charge is 2.34. The van der Waals surface area contributed by atoms with Gasteiger partial charge in [0, 0.05) is 44.5 Å². The minimum Gasteiger partial charge on any atom is -0.465 e. The zero-order valence-electron chi connectivity index (χ0n) is 20.3. The summed E-state index contributed by atoms with van der Waals surface area (Å²) in [7, 11) is 0. The molecule has 10 heteroatoms. The zero-order valence-corrected chi connectivity index (χ0v) is 20.3. The van der Waals surface area contributed by atoms with Crippen molar-refractivity contribution < 1.29 is 9.47 Å². The number of hydrogen-bond donors (Lipinski definition) is 2. The van der Waals surface area contributed by atoms with Crippen molar-refractivity contribution >= 4 is 11.6 Å². The number of H-pyrrole nitrogens is 1. The standard InChI is InChI=1S/C26H32N8O2/c27-25-24(20-13-30-31-14-20)26(29-18-28-25)34-11-9-33(10-12-34)21(15-32-7-4-8-32)23-17-35-16-22(36-23)19-5-2-1-3-6-19/h1-2,5,13-14,16-18,21H,3-4,6-12,15H2,(H,30,31)(H2,27,28,29)/t21-/m1/s1. The predicted molar refractivity (Wildman–Crippen MR) is 137 cm³/mol. The number of ether oxygens (including phenoxy) is 2. The van der Waals surface area contributed by atoms with E-state index in [0.29, 0.717) is 5.82 Å². The van der Waals surface area contributed by atoms with E-state index >= 15 is 0 Å². The Morgan fingerprint density at radius 3 is 2.69 bits per heavy atom. The van der Waals surface area contributed by atoms with E-state index in [0.717, 1.165) is 87.1 Å². The first kappa shape index (κ1) is 22.8. The fourth-order valence-electron chi connectivity index (χ4n) is 5.17. The Balaban J connectivity index is 1.18. The first-order valence-electron chi connectivity index (χ1n) is 12.7. The normalized spacial score (nSPS) is 21.6. The summed E-state index contributed by atoms with van der Waals surface area (Å²) in [5.41, 5.74) is 9.16. The van der Waals surface area contributed by atoms with Crippen molar-refractivity contribution in [2.45, 2.75) is 25.3 Å². The lowest BCUT2D eigenvalue weighted by Crippen LogP contribution is -2.56. The second kappa shape index (κ2) is 10.2. The molecule has 3 N–H and O–H groups in total. The molecule has 6 rings (SSSR count). The fourth-order valence-corrected chi connectivity index (χ4v) is 5.17. The van der Waals surface area contributed by atoms with Gasteiger partial charge in [-0.3, -0.25) is 10.00 Å². The SMILES string of the molecule is Nc1ncnc(N2CCN([C@H](CN3CCC3)C3=COC=C(C4=CC=CCC4)O3)CC2)c1-c1cn[nH]c1. The van der Waals surface area contributed by atoms with Crippen LogP contribution < -0.4 is 10.6 Å². The summed E-state index contributed by atoms with van der Waals surface area (Å²) < 4.78 is 12.3. The number of rotatable bonds is 7. The number of nitrogen functional groups attached to an aromatic ring is 1. The molecule has 188 valence electrons. The molecule has 0 spiro atoms. The van der Waals surface area contributed by atoms with Gasteiger partial charge in [-0.15, -0.1) is 0 Å². The van der Waals surface area contributed by atoms with Crippen LogP contribution in [-0.2, 0) is 9.47 Å². The van der Waals surface area contributed by atoms with Crippen molar-refractivity contribution in [3.05, 3.63) is 66.6 Å². The summed E-state index contributed by atoms with van der Waals surface area (Å²) in [6, 6.07) is 0.125. The maximum atomic E-state index is 6.47. The maximum Gasteiger partial charge on any atom is 0.165 e. The minimum absolute atomic E-state index is 0.125. The Morgan fingerprint density at radius 2 is 1.97 bits per heavy atom. The monoisotopic (exact) mass is 488 g/mol. The van der Waals surface area contributed by atoms with Crippen molar-refractivity contribution in [3.8, 4) is 11.1 Å². The molecule has 1 atom stereocenters. The summed E-state index contributed by atoms with van der Waals surface area (Å²) >= 11 is 0. The van der Waals surface area contributed by atoms with Crippen LogP contribution in [0, 0.1) is 0 Å². The maximum absolute atomic E-state index is 6.47. The van der Waals surface area contributed by atoms with Gasteiger partial charge in [0.2, 0.25) is 0 Å². The first-order valence-corrected chi connectivity index (χ1v) is 12.7. The van der Waals surface area contributed by atoms with Gasteiger partial charge in [-0.25, -0.2) is 9.97 Å². The van der Waals surface area contributed by atoms with E-state index in [1.165, 1.54) is 18.3 Å². The van der Waals surface area contributed by atoms with E-state index < -0.39 is 0 Å². The number of anilines is 2. The van der Waals surface area contributed by atoms with Crippen molar-refractivity contribution in [1.29, 1.82) is 0 Å². The third kappa shape index (κ3) is 4.61. The molecule has 0 bridgehead atoms. The average molecular weight is 489 g/mol. The molecular formula is C26H32N8O2. The summed E-state index contributed by atoms with van der Waals surface area (Å²) in [6.45, 7) is 6.60. The lowest BCUT2D eigenvalue weighted by molar-refractivity contribution is 0.0750.